The quantitative estimate of drug-likeness (QED) is 0.648. The summed E-state index contributed by atoms with van der Waals surface area (Å²) < 4.78 is 6.88. The van der Waals surface area contributed by atoms with Crippen LogP contribution in [0.4, 0.5) is 5.69 Å². The van der Waals surface area contributed by atoms with Crippen molar-refractivity contribution >= 4 is 5.69 Å². The molecule has 1 rings (SSSR count). The molecule has 94 valence electrons. The molecule has 0 spiro atoms. The van der Waals surface area contributed by atoms with Crippen LogP contribution in [0.2, 0.25) is 0 Å². The van der Waals surface area contributed by atoms with Gasteiger partial charge in [-0.05, 0) is 6.42 Å². The van der Waals surface area contributed by atoms with Gasteiger partial charge in [-0.15, -0.1) is 0 Å². The maximum absolute atomic E-state index is 8.81. The summed E-state index contributed by atoms with van der Waals surface area (Å²) in [4.78, 5) is 0. The second-order valence-corrected chi connectivity index (χ2v) is 3.56. The zero-order valence-electron chi connectivity index (χ0n) is 9.96. The van der Waals surface area contributed by atoms with Gasteiger partial charge in [0.1, 0.15) is 6.04 Å². The molecule has 1 unspecified atom stereocenters. The van der Waals surface area contributed by atoms with E-state index in [4.69, 9.17) is 15.1 Å². The fourth-order valence-electron chi connectivity index (χ4n) is 1.31. The number of ether oxygens (including phenoxy) is 1. The summed E-state index contributed by atoms with van der Waals surface area (Å²) in [6.07, 6.45) is 4.27. The Bertz CT molecular complexity index is 359. The fourth-order valence-corrected chi connectivity index (χ4v) is 1.31. The Morgan fingerprint density at radius 1 is 1.65 bits per heavy atom. The molecule has 0 saturated heterocycles. The van der Waals surface area contributed by atoms with E-state index in [0.29, 0.717) is 19.8 Å². The highest BCUT2D eigenvalue weighted by atomic mass is 16.5. The van der Waals surface area contributed by atoms with Gasteiger partial charge in [-0.3, -0.25) is 4.68 Å². The third-order valence-corrected chi connectivity index (χ3v) is 2.24. The molecule has 0 aliphatic heterocycles. The number of hydrogen-bond acceptors (Lipinski definition) is 5. The zero-order chi connectivity index (χ0) is 12.5. The molecule has 0 saturated carbocycles. The summed E-state index contributed by atoms with van der Waals surface area (Å²) in [7, 11) is 0. The number of anilines is 1. The van der Waals surface area contributed by atoms with Crippen molar-refractivity contribution in [2.24, 2.45) is 0 Å². The van der Waals surface area contributed by atoms with Gasteiger partial charge in [0.15, 0.2) is 0 Å². The molecule has 17 heavy (non-hydrogen) atoms. The molecule has 0 fully saturated rings. The van der Waals surface area contributed by atoms with Crippen LogP contribution in [0.3, 0.4) is 0 Å². The van der Waals surface area contributed by atoms with E-state index in [2.05, 4.69) is 16.5 Å². The normalized spacial score (nSPS) is 12.1. The van der Waals surface area contributed by atoms with Crippen molar-refractivity contribution in [2.75, 3.05) is 25.1 Å². The lowest BCUT2D eigenvalue weighted by atomic mass is 10.2. The number of aliphatic hydroxyl groups is 1. The first kappa shape index (κ1) is 13.5. The maximum Gasteiger partial charge on any atom is 0.114 e. The summed E-state index contributed by atoms with van der Waals surface area (Å²) in [5.74, 6) is 0. The van der Waals surface area contributed by atoms with E-state index in [0.717, 1.165) is 12.1 Å². The number of nitriles is 1. The van der Waals surface area contributed by atoms with Crippen molar-refractivity contribution in [3.63, 3.8) is 0 Å². The van der Waals surface area contributed by atoms with E-state index in [1.165, 1.54) is 0 Å². The summed E-state index contributed by atoms with van der Waals surface area (Å²) in [6, 6.07) is 1.99. The maximum atomic E-state index is 8.81. The molecular formula is C11H18N4O2. The van der Waals surface area contributed by atoms with Crippen molar-refractivity contribution in [3.05, 3.63) is 12.4 Å². The first-order valence-corrected chi connectivity index (χ1v) is 5.67. The van der Waals surface area contributed by atoms with Crippen molar-refractivity contribution < 1.29 is 9.84 Å². The van der Waals surface area contributed by atoms with E-state index < -0.39 is 0 Å². The Balaban J connectivity index is 2.35. The molecule has 1 atom stereocenters. The van der Waals surface area contributed by atoms with Crippen LogP contribution in [-0.2, 0) is 11.3 Å². The highest BCUT2D eigenvalue weighted by molar-refractivity contribution is 5.40. The average Bonchev–Trinajstić information content (AvgIpc) is 2.79. The topological polar surface area (TPSA) is 83.1 Å². The molecular weight excluding hydrogens is 220 g/mol. The molecule has 0 aliphatic carbocycles. The molecule has 1 aromatic heterocycles. The van der Waals surface area contributed by atoms with Gasteiger partial charge in [0.25, 0.3) is 0 Å². The SMILES string of the molecule is CCC(C#N)Nc1cnn(CCOCCO)c1. The molecule has 0 radical (unpaired) electrons. The number of rotatable bonds is 8. The molecule has 2 N–H and O–H groups in total. The smallest absolute Gasteiger partial charge is 0.114 e. The molecule has 6 heteroatoms. The lowest BCUT2D eigenvalue weighted by Crippen LogP contribution is -2.15. The van der Waals surface area contributed by atoms with Gasteiger partial charge in [-0.1, -0.05) is 6.92 Å². The van der Waals surface area contributed by atoms with Crippen LogP contribution in [0.1, 0.15) is 13.3 Å². The predicted molar refractivity (Wildman–Crippen MR) is 63.4 cm³/mol. The Labute approximate surface area is 101 Å². The van der Waals surface area contributed by atoms with Gasteiger partial charge in [0.2, 0.25) is 0 Å². The van der Waals surface area contributed by atoms with E-state index in [9.17, 15) is 0 Å². The Kier molecular flexibility index (Phi) is 6.07. The third-order valence-electron chi connectivity index (χ3n) is 2.24. The minimum absolute atomic E-state index is 0.0340. The molecule has 1 aromatic rings. The third kappa shape index (κ3) is 4.85. The summed E-state index contributed by atoms with van der Waals surface area (Å²) in [5.41, 5.74) is 0.834. The first-order valence-electron chi connectivity index (χ1n) is 5.67. The van der Waals surface area contributed by atoms with Crippen LogP contribution in [0, 0.1) is 11.3 Å². The minimum Gasteiger partial charge on any atom is -0.394 e. The summed E-state index contributed by atoms with van der Waals surface area (Å²) >= 11 is 0. The molecule has 0 amide bonds. The van der Waals surface area contributed by atoms with Crippen LogP contribution >= 0.6 is 0 Å². The molecule has 0 bridgehead atoms. The summed E-state index contributed by atoms with van der Waals surface area (Å²) in [6.45, 7) is 3.47. The largest absolute Gasteiger partial charge is 0.394 e. The lowest BCUT2D eigenvalue weighted by molar-refractivity contribution is 0.0854. The van der Waals surface area contributed by atoms with Crippen LogP contribution < -0.4 is 5.32 Å². The van der Waals surface area contributed by atoms with Crippen molar-refractivity contribution in [2.45, 2.75) is 25.9 Å². The molecule has 1 heterocycles. The van der Waals surface area contributed by atoms with Gasteiger partial charge < -0.3 is 15.2 Å². The number of hydrogen-bond donors (Lipinski definition) is 2. The summed E-state index contributed by atoms with van der Waals surface area (Å²) in [5, 5.41) is 24.6. The first-order chi connectivity index (χ1) is 8.30. The van der Waals surface area contributed by atoms with Gasteiger partial charge in [-0.25, -0.2) is 0 Å². The molecule has 6 nitrogen and oxygen atoms in total. The van der Waals surface area contributed by atoms with E-state index in [1.54, 1.807) is 10.9 Å². The van der Waals surface area contributed by atoms with E-state index in [1.807, 2.05) is 13.1 Å². The second-order valence-electron chi connectivity index (χ2n) is 3.56. The predicted octanol–water partition coefficient (Wildman–Crippen LogP) is 0.606. The fraction of sp³-hybridized carbons (Fsp3) is 0.636. The van der Waals surface area contributed by atoms with Crippen molar-refractivity contribution in [1.82, 2.24) is 9.78 Å². The zero-order valence-corrected chi connectivity index (χ0v) is 9.96. The van der Waals surface area contributed by atoms with Gasteiger partial charge >= 0.3 is 0 Å². The van der Waals surface area contributed by atoms with E-state index >= 15 is 0 Å². The van der Waals surface area contributed by atoms with Crippen molar-refractivity contribution in [1.29, 1.82) is 5.26 Å². The lowest BCUT2D eigenvalue weighted by Gasteiger charge is -2.07. The number of aliphatic hydroxyl groups excluding tert-OH is 1. The van der Waals surface area contributed by atoms with E-state index in [-0.39, 0.29) is 12.6 Å². The average molecular weight is 238 g/mol. The monoisotopic (exact) mass is 238 g/mol. The van der Waals surface area contributed by atoms with Crippen LogP contribution in [0.25, 0.3) is 0 Å². The minimum atomic E-state index is -0.182. The molecule has 0 aromatic carbocycles. The van der Waals surface area contributed by atoms with Crippen molar-refractivity contribution in [3.8, 4) is 6.07 Å². The van der Waals surface area contributed by atoms with Crippen LogP contribution in [-0.4, -0.2) is 40.7 Å². The van der Waals surface area contributed by atoms with Gasteiger partial charge in [0.05, 0.1) is 44.3 Å². The van der Waals surface area contributed by atoms with Gasteiger partial charge in [-0.2, -0.15) is 10.4 Å². The number of nitrogens with one attached hydrogen (secondary N) is 1. The highest BCUT2D eigenvalue weighted by Crippen LogP contribution is 2.07. The Hall–Kier alpha value is -1.58. The highest BCUT2D eigenvalue weighted by Gasteiger charge is 2.05. The number of aromatic nitrogens is 2. The standard InChI is InChI=1S/C11H18N4O2/c1-2-10(7-12)14-11-8-13-15(9-11)3-5-17-6-4-16/h8-10,14,16H,2-6H2,1H3. The van der Waals surface area contributed by atoms with Crippen LogP contribution in [0.15, 0.2) is 12.4 Å². The van der Waals surface area contributed by atoms with Crippen LogP contribution in [0.5, 0.6) is 0 Å². The number of nitrogens with zero attached hydrogens (tertiary/aromatic N) is 3. The Morgan fingerprint density at radius 2 is 2.47 bits per heavy atom. The van der Waals surface area contributed by atoms with Gasteiger partial charge in [0, 0.05) is 6.20 Å². The second kappa shape index (κ2) is 7.65. The Morgan fingerprint density at radius 3 is 3.12 bits per heavy atom. The molecule has 0 aliphatic rings.